The Hall–Kier alpha value is -2.15. The number of benzene rings is 1. The first kappa shape index (κ1) is 12.9. The Morgan fingerprint density at radius 1 is 1.47 bits per heavy atom. The van der Waals surface area contributed by atoms with Crippen LogP contribution in [0.4, 0.5) is 5.69 Å². The number of carbonyl (C=O) groups excluding carboxylic acids is 2. The predicted octanol–water partition coefficient (Wildman–Crippen LogP) is 0.890. The van der Waals surface area contributed by atoms with E-state index in [0.717, 1.165) is 18.2 Å². The number of carbonyl (C=O) groups is 2. The molecule has 17 heavy (non-hydrogen) atoms. The standard InChI is InChI=1S/C9H7ClN2O5/c10-7-3-5(12(15)16)1-2-6(7)9(14)17-4-8(11)13/h1-3H,4H2,(H2,11,13). The number of nitrogens with two attached hydrogens (primary N) is 1. The van der Waals surface area contributed by atoms with Gasteiger partial charge in [-0.2, -0.15) is 0 Å². The molecule has 1 rings (SSSR count). The molecular formula is C9H7ClN2O5. The van der Waals surface area contributed by atoms with E-state index in [0.29, 0.717) is 0 Å². The molecule has 0 aliphatic rings. The summed E-state index contributed by atoms with van der Waals surface area (Å²) in [5.74, 6) is -1.68. The molecule has 0 aromatic heterocycles. The van der Waals surface area contributed by atoms with Crippen LogP contribution >= 0.6 is 11.6 Å². The molecule has 8 heteroatoms. The fraction of sp³-hybridized carbons (Fsp3) is 0.111. The number of primary amides is 1. The van der Waals surface area contributed by atoms with Crippen molar-refractivity contribution in [3.8, 4) is 0 Å². The van der Waals surface area contributed by atoms with E-state index >= 15 is 0 Å². The first-order chi connectivity index (χ1) is 7.91. The van der Waals surface area contributed by atoms with E-state index in [2.05, 4.69) is 4.74 Å². The molecule has 0 spiro atoms. The minimum absolute atomic E-state index is 0.0708. The first-order valence-corrected chi connectivity index (χ1v) is 4.69. The molecule has 0 heterocycles. The molecule has 7 nitrogen and oxygen atoms in total. The van der Waals surface area contributed by atoms with E-state index in [9.17, 15) is 19.7 Å². The van der Waals surface area contributed by atoms with E-state index in [4.69, 9.17) is 17.3 Å². The van der Waals surface area contributed by atoms with Crippen molar-refractivity contribution < 1.29 is 19.2 Å². The summed E-state index contributed by atoms with van der Waals surface area (Å²) in [6.07, 6.45) is 0. The van der Waals surface area contributed by atoms with Gasteiger partial charge in [0, 0.05) is 12.1 Å². The Balaban J connectivity index is 2.88. The van der Waals surface area contributed by atoms with Gasteiger partial charge in [0.2, 0.25) is 0 Å². The fourth-order valence-corrected chi connectivity index (χ4v) is 1.25. The number of ether oxygens (including phenoxy) is 1. The third-order valence-corrected chi connectivity index (χ3v) is 2.04. The summed E-state index contributed by atoms with van der Waals surface area (Å²) in [6, 6.07) is 3.26. The van der Waals surface area contributed by atoms with Crippen LogP contribution in [-0.2, 0) is 9.53 Å². The number of esters is 1. The molecule has 90 valence electrons. The number of nitrogens with zero attached hydrogens (tertiary/aromatic N) is 1. The zero-order valence-electron chi connectivity index (χ0n) is 8.38. The molecule has 0 saturated carbocycles. The SMILES string of the molecule is NC(=O)COC(=O)c1ccc([N+](=O)[O-])cc1Cl. The van der Waals surface area contributed by atoms with Gasteiger partial charge < -0.3 is 10.5 Å². The number of amides is 1. The van der Waals surface area contributed by atoms with E-state index in [1.54, 1.807) is 0 Å². The van der Waals surface area contributed by atoms with Gasteiger partial charge in [0.05, 0.1) is 15.5 Å². The molecule has 1 amide bonds. The second-order valence-corrected chi connectivity index (χ2v) is 3.37. The van der Waals surface area contributed by atoms with Crippen LogP contribution in [0.25, 0.3) is 0 Å². The molecule has 1 aromatic rings. The number of non-ortho nitro benzene ring substituents is 1. The van der Waals surface area contributed by atoms with Gasteiger partial charge in [0.25, 0.3) is 11.6 Å². The van der Waals surface area contributed by atoms with Gasteiger partial charge in [-0.25, -0.2) is 4.79 Å². The molecule has 0 aliphatic heterocycles. The van der Waals surface area contributed by atoms with Crippen LogP contribution in [0.1, 0.15) is 10.4 Å². The van der Waals surface area contributed by atoms with Gasteiger partial charge >= 0.3 is 5.97 Å². The van der Waals surface area contributed by atoms with Crippen molar-refractivity contribution in [1.29, 1.82) is 0 Å². The maximum Gasteiger partial charge on any atom is 0.340 e. The number of nitro groups is 1. The van der Waals surface area contributed by atoms with Crippen molar-refractivity contribution in [2.24, 2.45) is 5.73 Å². The third-order valence-electron chi connectivity index (χ3n) is 1.73. The lowest BCUT2D eigenvalue weighted by Crippen LogP contribution is -2.21. The van der Waals surface area contributed by atoms with E-state index in [1.165, 1.54) is 0 Å². The number of rotatable bonds is 4. The highest BCUT2D eigenvalue weighted by Crippen LogP contribution is 2.22. The van der Waals surface area contributed by atoms with Crippen LogP contribution in [0.15, 0.2) is 18.2 Å². The summed E-state index contributed by atoms with van der Waals surface area (Å²) < 4.78 is 4.50. The van der Waals surface area contributed by atoms with Crippen molar-refractivity contribution in [3.05, 3.63) is 38.9 Å². The lowest BCUT2D eigenvalue weighted by molar-refractivity contribution is -0.384. The summed E-state index contributed by atoms with van der Waals surface area (Å²) in [6.45, 7) is -0.577. The largest absolute Gasteiger partial charge is 0.452 e. The van der Waals surface area contributed by atoms with Gasteiger partial charge in [-0.1, -0.05) is 11.6 Å². The number of hydrogen-bond acceptors (Lipinski definition) is 5. The zero-order chi connectivity index (χ0) is 13.0. The third kappa shape index (κ3) is 3.42. The van der Waals surface area contributed by atoms with Crippen LogP contribution in [0, 0.1) is 10.1 Å². The molecule has 2 N–H and O–H groups in total. The molecule has 0 saturated heterocycles. The van der Waals surface area contributed by atoms with Crippen molar-refractivity contribution in [2.45, 2.75) is 0 Å². The van der Waals surface area contributed by atoms with Crippen molar-refractivity contribution in [2.75, 3.05) is 6.61 Å². The highest BCUT2D eigenvalue weighted by Gasteiger charge is 2.16. The molecule has 0 radical (unpaired) electrons. The van der Waals surface area contributed by atoms with Crippen LogP contribution in [0.3, 0.4) is 0 Å². The summed E-state index contributed by atoms with van der Waals surface area (Å²) in [5.41, 5.74) is 4.46. The molecule has 0 atom stereocenters. The summed E-state index contributed by atoms with van der Waals surface area (Å²) in [7, 11) is 0. The maximum atomic E-state index is 11.4. The number of hydrogen-bond donors (Lipinski definition) is 1. The van der Waals surface area contributed by atoms with Crippen LogP contribution in [0.2, 0.25) is 5.02 Å². The highest BCUT2D eigenvalue weighted by atomic mass is 35.5. The Kier molecular flexibility index (Phi) is 4.00. The second-order valence-electron chi connectivity index (χ2n) is 2.96. The Morgan fingerprint density at radius 2 is 2.12 bits per heavy atom. The number of halogens is 1. The van der Waals surface area contributed by atoms with Crippen molar-refractivity contribution in [3.63, 3.8) is 0 Å². The van der Waals surface area contributed by atoms with Gasteiger partial charge in [-0.05, 0) is 6.07 Å². The Labute approximate surface area is 100 Å². The quantitative estimate of drug-likeness (QED) is 0.489. The maximum absolute atomic E-state index is 11.4. The summed E-state index contributed by atoms with van der Waals surface area (Å²) in [5, 5.41) is 10.3. The summed E-state index contributed by atoms with van der Waals surface area (Å²) in [4.78, 5) is 31.5. The normalized spacial score (nSPS) is 9.71. The second kappa shape index (κ2) is 5.26. The first-order valence-electron chi connectivity index (χ1n) is 4.31. The molecule has 0 unspecified atom stereocenters. The average Bonchev–Trinajstić information content (AvgIpc) is 2.25. The van der Waals surface area contributed by atoms with Crippen molar-refractivity contribution in [1.82, 2.24) is 0 Å². The minimum Gasteiger partial charge on any atom is -0.452 e. The zero-order valence-corrected chi connectivity index (χ0v) is 9.14. The average molecular weight is 259 g/mol. The van der Waals surface area contributed by atoms with Gasteiger partial charge in [0.1, 0.15) is 0 Å². The van der Waals surface area contributed by atoms with E-state index in [1.807, 2.05) is 0 Å². The van der Waals surface area contributed by atoms with Crippen LogP contribution in [-0.4, -0.2) is 23.4 Å². The monoisotopic (exact) mass is 258 g/mol. The van der Waals surface area contributed by atoms with E-state index < -0.39 is 23.4 Å². The van der Waals surface area contributed by atoms with Crippen LogP contribution < -0.4 is 5.73 Å². The molecule has 0 fully saturated rings. The fourth-order valence-electron chi connectivity index (χ4n) is 0.998. The number of nitro benzene ring substituents is 1. The minimum atomic E-state index is -0.872. The molecule has 0 bridgehead atoms. The Morgan fingerprint density at radius 3 is 2.59 bits per heavy atom. The molecule has 0 aliphatic carbocycles. The van der Waals surface area contributed by atoms with Gasteiger partial charge in [-0.3, -0.25) is 14.9 Å². The van der Waals surface area contributed by atoms with Crippen LogP contribution in [0.5, 0.6) is 0 Å². The van der Waals surface area contributed by atoms with Crippen molar-refractivity contribution >= 4 is 29.2 Å². The predicted molar refractivity (Wildman–Crippen MR) is 57.6 cm³/mol. The van der Waals surface area contributed by atoms with Gasteiger partial charge in [-0.15, -0.1) is 0 Å². The highest BCUT2D eigenvalue weighted by molar-refractivity contribution is 6.33. The molecule has 1 aromatic carbocycles. The molecular weight excluding hydrogens is 252 g/mol. The Bertz CT molecular complexity index is 488. The van der Waals surface area contributed by atoms with E-state index in [-0.39, 0.29) is 16.3 Å². The smallest absolute Gasteiger partial charge is 0.340 e. The summed E-state index contributed by atoms with van der Waals surface area (Å²) >= 11 is 5.66. The lowest BCUT2D eigenvalue weighted by Gasteiger charge is -2.03. The topological polar surface area (TPSA) is 113 Å². The lowest BCUT2D eigenvalue weighted by atomic mass is 10.2. The van der Waals surface area contributed by atoms with Gasteiger partial charge in [0.15, 0.2) is 6.61 Å².